The Kier molecular flexibility index (Phi) is 3.16. The smallest absolute Gasteiger partial charge is 0.258 e. The Hall–Kier alpha value is -3.09. The molecule has 7 heteroatoms. The molecule has 0 atom stereocenters. The van der Waals surface area contributed by atoms with E-state index in [1.807, 2.05) is 13.0 Å². The van der Waals surface area contributed by atoms with Crippen LogP contribution in [0.25, 0.3) is 11.1 Å². The van der Waals surface area contributed by atoms with Crippen molar-refractivity contribution in [3.05, 3.63) is 41.2 Å². The van der Waals surface area contributed by atoms with Crippen LogP contribution >= 0.6 is 0 Å². The molecule has 3 heterocycles. The van der Waals surface area contributed by atoms with E-state index in [2.05, 4.69) is 10.1 Å². The third kappa shape index (κ3) is 2.17. The highest BCUT2D eigenvalue weighted by molar-refractivity contribution is 6.13. The van der Waals surface area contributed by atoms with Gasteiger partial charge >= 0.3 is 0 Å². The molecule has 0 fully saturated rings. The maximum absolute atomic E-state index is 13.0. The quantitative estimate of drug-likeness (QED) is 0.721. The number of hydrogen-bond acceptors (Lipinski definition) is 6. The van der Waals surface area contributed by atoms with E-state index in [1.54, 1.807) is 37.1 Å². The predicted octanol–water partition coefficient (Wildman–Crippen LogP) is 2.84. The van der Waals surface area contributed by atoms with Crippen LogP contribution < -0.4 is 14.4 Å². The van der Waals surface area contributed by atoms with Gasteiger partial charge in [0.25, 0.3) is 11.6 Å². The maximum atomic E-state index is 13.0. The summed E-state index contributed by atoms with van der Waals surface area (Å²) in [5, 5.41) is 4.55. The summed E-state index contributed by atoms with van der Waals surface area (Å²) in [4.78, 5) is 18.9. The van der Waals surface area contributed by atoms with Gasteiger partial charge in [-0.2, -0.15) is 0 Å². The second kappa shape index (κ2) is 5.23. The molecule has 4 rings (SSSR count). The number of aryl methyl sites for hydroxylation is 2. The molecule has 7 nitrogen and oxygen atoms in total. The third-order valence-electron chi connectivity index (χ3n) is 4.02. The second-order valence-electron chi connectivity index (χ2n) is 5.66. The number of hydrogen-bond donors (Lipinski definition) is 0. The number of fused-ring (bicyclic) bond motifs is 2. The van der Waals surface area contributed by atoms with E-state index in [-0.39, 0.29) is 12.7 Å². The van der Waals surface area contributed by atoms with Gasteiger partial charge in [-0.3, -0.25) is 4.79 Å². The topological polar surface area (TPSA) is 77.7 Å². The fraction of sp³-hybridized carbons (Fsp3) is 0.235. The molecule has 24 heavy (non-hydrogen) atoms. The summed E-state index contributed by atoms with van der Waals surface area (Å²) < 4.78 is 15.9. The SMILES string of the molecule is Cc1cc(C(=O)N(C)c2ccc3c(c2)OCO3)c2c(C)noc2n1. The number of anilines is 1. The van der Waals surface area contributed by atoms with E-state index in [9.17, 15) is 4.79 Å². The lowest BCUT2D eigenvalue weighted by molar-refractivity contribution is 0.0994. The van der Waals surface area contributed by atoms with Gasteiger partial charge in [-0.15, -0.1) is 0 Å². The van der Waals surface area contributed by atoms with Crippen molar-refractivity contribution in [1.29, 1.82) is 0 Å². The third-order valence-corrected chi connectivity index (χ3v) is 4.02. The number of carbonyl (C=O) groups is 1. The van der Waals surface area contributed by atoms with Crippen LogP contribution in [0, 0.1) is 13.8 Å². The van der Waals surface area contributed by atoms with E-state index in [0.29, 0.717) is 45.2 Å². The van der Waals surface area contributed by atoms with Gasteiger partial charge in [0.15, 0.2) is 11.5 Å². The predicted molar refractivity (Wildman–Crippen MR) is 86.6 cm³/mol. The highest BCUT2D eigenvalue weighted by Crippen LogP contribution is 2.35. The van der Waals surface area contributed by atoms with Crippen LogP contribution in [0.5, 0.6) is 11.5 Å². The van der Waals surface area contributed by atoms with Crippen LogP contribution in [0.2, 0.25) is 0 Å². The summed E-state index contributed by atoms with van der Waals surface area (Å²) in [6.07, 6.45) is 0. The van der Waals surface area contributed by atoms with Crippen LogP contribution in [0.3, 0.4) is 0 Å². The fourth-order valence-corrected chi connectivity index (χ4v) is 2.78. The zero-order chi connectivity index (χ0) is 16.8. The van der Waals surface area contributed by atoms with Crippen molar-refractivity contribution >= 4 is 22.7 Å². The summed E-state index contributed by atoms with van der Waals surface area (Å²) >= 11 is 0. The monoisotopic (exact) mass is 325 g/mol. The zero-order valence-electron chi connectivity index (χ0n) is 13.5. The van der Waals surface area contributed by atoms with Crippen LogP contribution in [-0.2, 0) is 0 Å². The molecule has 1 aliphatic rings. The van der Waals surface area contributed by atoms with E-state index in [0.717, 1.165) is 0 Å². The van der Waals surface area contributed by atoms with Gasteiger partial charge in [0.2, 0.25) is 6.79 Å². The largest absolute Gasteiger partial charge is 0.454 e. The molecule has 0 N–H and O–H groups in total. The van der Waals surface area contributed by atoms with E-state index in [4.69, 9.17) is 14.0 Å². The Balaban J connectivity index is 1.77. The molecule has 122 valence electrons. The average Bonchev–Trinajstić information content (AvgIpc) is 3.18. The van der Waals surface area contributed by atoms with Crippen LogP contribution in [0.1, 0.15) is 21.7 Å². The lowest BCUT2D eigenvalue weighted by atomic mass is 10.1. The first-order chi connectivity index (χ1) is 11.5. The van der Waals surface area contributed by atoms with Crippen molar-refractivity contribution in [2.24, 2.45) is 0 Å². The Labute approximate surface area is 137 Å². The Morgan fingerprint density at radius 1 is 1.17 bits per heavy atom. The van der Waals surface area contributed by atoms with Crippen molar-refractivity contribution in [3.63, 3.8) is 0 Å². The molecule has 0 aliphatic carbocycles. The summed E-state index contributed by atoms with van der Waals surface area (Å²) in [5.74, 6) is 1.14. The summed E-state index contributed by atoms with van der Waals surface area (Å²) in [5.41, 5.74) is 2.92. The van der Waals surface area contributed by atoms with E-state index >= 15 is 0 Å². The molecule has 1 amide bonds. The van der Waals surface area contributed by atoms with E-state index in [1.165, 1.54) is 0 Å². The second-order valence-corrected chi connectivity index (χ2v) is 5.66. The molecule has 0 saturated carbocycles. The van der Waals surface area contributed by atoms with Crippen molar-refractivity contribution in [1.82, 2.24) is 10.1 Å². The highest BCUT2D eigenvalue weighted by atomic mass is 16.7. The number of nitrogens with zero attached hydrogens (tertiary/aromatic N) is 3. The number of aromatic nitrogens is 2. The van der Waals surface area contributed by atoms with Gasteiger partial charge < -0.3 is 18.9 Å². The minimum Gasteiger partial charge on any atom is -0.454 e. The maximum Gasteiger partial charge on any atom is 0.258 e. The number of amides is 1. The Morgan fingerprint density at radius 2 is 1.96 bits per heavy atom. The minimum absolute atomic E-state index is 0.171. The molecule has 0 spiro atoms. The lowest BCUT2D eigenvalue weighted by Gasteiger charge is -2.18. The van der Waals surface area contributed by atoms with Crippen LogP contribution in [0.4, 0.5) is 5.69 Å². The van der Waals surface area contributed by atoms with Crippen LogP contribution in [0.15, 0.2) is 28.8 Å². The molecule has 3 aromatic rings. The number of pyridine rings is 1. The summed E-state index contributed by atoms with van der Waals surface area (Å²) in [7, 11) is 1.71. The molecule has 2 aromatic heterocycles. The molecule has 0 saturated heterocycles. The summed E-state index contributed by atoms with van der Waals surface area (Å²) in [6.45, 7) is 3.80. The standard InChI is InChI=1S/C17H15N3O4/c1-9-6-12(15-10(2)19-24-16(15)18-9)17(21)20(3)11-4-5-13-14(7-11)23-8-22-13/h4-7H,8H2,1-3H3. The molecular weight excluding hydrogens is 310 g/mol. The van der Waals surface area contributed by atoms with Crippen molar-refractivity contribution < 1.29 is 18.8 Å². The molecule has 0 radical (unpaired) electrons. The van der Waals surface area contributed by atoms with Gasteiger partial charge in [-0.05, 0) is 32.0 Å². The van der Waals surface area contributed by atoms with Crippen molar-refractivity contribution in [2.75, 3.05) is 18.7 Å². The number of rotatable bonds is 2. The van der Waals surface area contributed by atoms with Gasteiger partial charge in [0.1, 0.15) is 0 Å². The first-order valence-corrected chi connectivity index (χ1v) is 7.46. The number of benzene rings is 1. The molecule has 1 aromatic carbocycles. The molecule has 0 unspecified atom stereocenters. The zero-order valence-corrected chi connectivity index (χ0v) is 13.5. The first-order valence-electron chi connectivity index (χ1n) is 7.46. The first kappa shape index (κ1) is 14.5. The lowest BCUT2D eigenvalue weighted by Crippen LogP contribution is -2.26. The minimum atomic E-state index is -0.171. The van der Waals surface area contributed by atoms with Crippen LogP contribution in [-0.4, -0.2) is 29.9 Å². The van der Waals surface area contributed by atoms with Crippen molar-refractivity contribution in [3.8, 4) is 11.5 Å². The molecule has 0 bridgehead atoms. The van der Waals surface area contributed by atoms with Crippen molar-refractivity contribution in [2.45, 2.75) is 13.8 Å². The highest BCUT2D eigenvalue weighted by Gasteiger charge is 2.23. The number of ether oxygens (including phenoxy) is 2. The fourth-order valence-electron chi connectivity index (χ4n) is 2.78. The van der Waals surface area contributed by atoms with Gasteiger partial charge in [0.05, 0.1) is 16.6 Å². The Bertz CT molecular complexity index is 964. The van der Waals surface area contributed by atoms with Gasteiger partial charge in [-0.25, -0.2) is 4.98 Å². The van der Waals surface area contributed by atoms with E-state index < -0.39 is 0 Å². The van der Waals surface area contributed by atoms with Gasteiger partial charge in [-0.1, -0.05) is 5.16 Å². The number of carbonyl (C=O) groups excluding carboxylic acids is 1. The Morgan fingerprint density at radius 3 is 2.79 bits per heavy atom. The molecular formula is C17H15N3O4. The average molecular weight is 325 g/mol. The normalized spacial score (nSPS) is 12.6. The molecule has 1 aliphatic heterocycles. The summed E-state index contributed by atoms with van der Waals surface area (Å²) in [6, 6.07) is 7.14. The van der Waals surface area contributed by atoms with Gasteiger partial charge in [0, 0.05) is 24.5 Å².